The summed E-state index contributed by atoms with van der Waals surface area (Å²) in [6.07, 6.45) is 5.85. The minimum absolute atomic E-state index is 0.0922. The van der Waals surface area contributed by atoms with Crippen LogP contribution in [0.3, 0.4) is 0 Å². The molecule has 0 radical (unpaired) electrons. The molecule has 1 rings (SSSR count). The van der Waals surface area contributed by atoms with Gasteiger partial charge in [0.25, 0.3) is 5.91 Å². The highest BCUT2D eigenvalue weighted by molar-refractivity contribution is 6.30. The van der Waals surface area contributed by atoms with Crippen LogP contribution >= 0.6 is 11.6 Å². The molecule has 0 heterocycles. The average molecular weight is 326 g/mol. The number of rotatable bonds is 9. The lowest BCUT2D eigenvalue weighted by atomic mass is 10.1. The molecule has 0 aliphatic rings. The molecule has 0 saturated heterocycles. The van der Waals surface area contributed by atoms with E-state index >= 15 is 0 Å². The fourth-order valence-corrected chi connectivity index (χ4v) is 2.32. The number of unbranched alkanes of at least 4 members (excludes halogenated alkanes) is 3. The van der Waals surface area contributed by atoms with Crippen molar-refractivity contribution in [1.82, 2.24) is 5.32 Å². The first-order chi connectivity index (χ1) is 10.3. The third-order valence-corrected chi connectivity index (χ3v) is 3.85. The summed E-state index contributed by atoms with van der Waals surface area (Å²) in [7, 11) is 0. The maximum absolute atomic E-state index is 12.4. The Morgan fingerprint density at radius 1 is 1.23 bits per heavy atom. The van der Waals surface area contributed by atoms with Crippen LogP contribution in [0.1, 0.15) is 59.8 Å². The number of hydrogen-bond acceptors (Lipinski definition) is 2. The van der Waals surface area contributed by atoms with Crippen molar-refractivity contribution in [2.75, 3.05) is 0 Å². The highest BCUT2D eigenvalue weighted by Crippen LogP contribution is 2.21. The fourth-order valence-electron chi connectivity index (χ4n) is 2.19. The van der Waals surface area contributed by atoms with Crippen molar-refractivity contribution in [2.45, 2.75) is 71.4 Å². The van der Waals surface area contributed by atoms with Gasteiger partial charge in [0.1, 0.15) is 5.75 Å². The summed E-state index contributed by atoms with van der Waals surface area (Å²) in [4.78, 5) is 12.4. The Bertz CT molecular complexity index is 457. The Hall–Kier alpha value is -1.22. The van der Waals surface area contributed by atoms with Gasteiger partial charge in [-0.05, 0) is 51.5 Å². The minimum atomic E-state index is -0.911. The first-order valence-corrected chi connectivity index (χ1v) is 8.48. The van der Waals surface area contributed by atoms with Crippen LogP contribution < -0.4 is 10.1 Å². The molecule has 1 atom stereocenters. The fraction of sp³-hybridized carbons (Fsp3) is 0.611. The van der Waals surface area contributed by atoms with E-state index in [0.717, 1.165) is 12.8 Å². The molecule has 1 amide bonds. The van der Waals surface area contributed by atoms with E-state index in [1.165, 1.54) is 19.3 Å². The van der Waals surface area contributed by atoms with Crippen molar-refractivity contribution in [2.24, 2.45) is 0 Å². The largest absolute Gasteiger partial charge is 0.478 e. The van der Waals surface area contributed by atoms with Gasteiger partial charge in [0.05, 0.1) is 0 Å². The Balaban J connectivity index is 2.46. The molecule has 0 bridgehead atoms. The topological polar surface area (TPSA) is 38.3 Å². The third-order valence-electron chi connectivity index (χ3n) is 3.60. The lowest BCUT2D eigenvalue weighted by Crippen LogP contribution is -2.49. The highest BCUT2D eigenvalue weighted by atomic mass is 35.5. The van der Waals surface area contributed by atoms with E-state index in [4.69, 9.17) is 16.3 Å². The van der Waals surface area contributed by atoms with E-state index < -0.39 is 5.60 Å². The van der Waals surface area contributed by atoms with Crippen molar-refractivity contribution in [1.29, 1.82) is 0 Å². The van der Waals surface area contributed by atoms with E-state index in [-0.39, 0.29) is 11.9 Å². The molecule has 124 valence electrons. The van der Waals surface area contributed by atoms with E-state index in [9.17, 15) is 4.79 Å². The van der Waals surface area contributed by atoms with Gasteiger partial charge < -0.3 is 10.1 Å². The van der Waals surface area contributed by atoms with Crippen molar-refractivity contribution in [3.63, 3.8) is 0 Å². The van der Waals surface area contributed by atoms with Gasteiger partial charge in [-0.25, -0.2) is 0 Å². The molecule has 0 saturated carbocycles. The van der Waals surface area contributed by atoms with Gasteiger partial charge in [-0.1, -0.05) is 44.2 Å². The summed E-state index contributed by atoms with van der Waals surface area (Å²) in [5.74, 6) is 0.547. The molecule has 3 nitrogen and oxygen atoms in total. The quantitative estimate of drug-likeness (QED) is 0.651. The molecule has 0 aliphatic heterocycles. The lowest BCUT2D eigenvalue weighted by molar-refractivity contribution is -0.134. The zero-order valence-electron chi connectivity index (χ0n) is 14.1. The van der Waals surface area contributed by atoms with Gasteiger partial charge in [-0.15, -0.1) is 0 Å². The Morgan fingerprint density at radius 2 is 1.86 bits per heavy atom. The summed E-state index contributed by atoms with van der Waals surface area (Å²) in [5, 5.41) is 3.69. The predicted molar refractivity (Wildman–Crippen MR) is 92.5 cm³/mol. The average Bonchev–Trinajstić information content (AvgIpc) is 2.46. The van der Waals surface area contributed by atoms with Crippen LogP contribution in [0.25, 0.3) is 0 Å². The number of amides is 1. The number of nitrogens with one attached hydrogen (secondary N) is 1. The standard InChI is InChI=1S/C18H28ClNO2/c1-5-6-7-8-9-14(2)20-17(21)18(3,4)22-16-12-10-15(19)11-13-16/h10-14H,5-9H2,1-4H3,(H,20,21)/t14-/m1/s1. The molecule has 1 aromatic rings. The molecule has 0 aliphatic carbocycles. The summed E-state index contributed by atoms with van der Waals surface area (Å²) in [5.41, 5.74) is -0.911. The van der Waals surface area contributed by atoms with Crippen molar-refractivity contribution in [3.8, 4) is 5.75 Å². The van der Waals surface area contributed by atoms with Crippen LogP contribution in [0.4, 0.5) is 0 Å². The molecule has 0 aromatic heterocycles. The van der Waals surface area contributed by atoms with Crippen LogP contribution in [-0.2, 0) is 4.79 Å². The van der Waals surface area contributed by atoms with Crippen molar-refractivity contribution in [3.05, 3.63) is 29.3 Å². The van der Waals surface area contributed by atoms with Gasteiger partial charge in [-0.2, -0.15) is 0 Å². The van der Waals surface area contributed by atoms with E-state index in [2.05, 4.69) is 12.2 Å². The highest BCUT2D eigenvalue weighted by Gasteiger charge is 2.30. The molecule has 0 spiro atoms. The maximum Gasteiger partial charge on any atom is 0.263 e. The third kappa shape index (κ3) is 6.69. The lowest BCUT2D eigenvalue weighted by Gasteiger charge is -2.27. The summed E-state index contributed by atoms with van der Waals surface area (Å²) < 4.78 is 5.79. The van der Waals surface area contributed by atoms with Gasteiger partial charge >= 0.3 is 0 Å². The van der Waals surface area contributed by atoms with Gasteiger partial charge in [0.2, 0.25) is 0 Å². The van der Waals surface area contributed by atoms with E-state index in [1.807, 2.05) is 6.92 Å². The number of halogens is 1. The molecule has 4 heteroatoms. The zero-order valence-corrected chi connectivity index (χ0v) is 14.9. The SMILES string of the molecule is CCCCCC[C@@H](C)NC(=O)C(C)(C)Oc1ccc(Cl)cc1. The first-order valence-electron chi connectivity index (χ1n) is 8.10. The zero-order chi connectivity index (χ0) is 16.6. The van der Waals surface area contributed by atoms with E-state index in [1.54, 1.807) is 38.1 Å². The first kappa shape index (κ1) is 18.8. The van der Waals surface area contributed by atoms with Gasteiger partial charge in [0, 0.05) is 11.1 Å². The number of hydrogen-bond donors (Lipinski definition) is 1. The Morgan fingerprint density at radius 3 is 2.45 bits per heavy atom. The monoisotopic (exact) mass is 325 g/mol. The van der Waals surface area contributed by atoms with Crippen LogP contribution in [0.15, 0.2) is 24.3 Å². The van der Waals surface area contributed by atoms with Crippen LogP contribution in [0.2, 0.25) is 5.02 Å². The molecule has 1 aromatic carbocycles. The summed E-state index contributed by atoms with van der Waals surface area (Å²) in [6.45, 7) is 7.80. The number of ether oxygens (including phenoxy) is 1. The normalized spacial score (nSPS) is 12.8. The molecular formula is C18H28ClNO2. The molecule has 22 heavy (non-hydrogen) atoms. The van der Waals surface area contributed by atoms with Gasteiger partial charge in [-0.3, -0.25) is 4.79 Å². The molecule has 1 N–H and O–H groups in total. The Kier molecular flexibility index (Phi) is 7.74. The number of carbonyl (C=O) groups is 1. The van der Waals surface area contributed by atoms with Crippen molar-refractivity contribution >= 4 is 17.5 Å². The minimum Gasteiger partial charge on any atom is -0.478 e. The second-order valence-electron chi connectivity index (χ2n) is 6.29. The molecule has 0 unspecified atom stereocenters. The van der Waals surface area contributed by atoms with Crippen molar-refractivity contribution < 1.29 is 9.53 Å². The second kappa shape index (κ2) is 9.04. The maximum atomic E-state index is 12.4. The van der Waals surface area contributed by atoms with Crippen LogP contribution in [-0.4, -0.2) is 17.6 Å². The van der Waals surface area contributed by atoms with Crippen LogP contribution in [0, 0.1) is 0 Å². The van der Waals surface area contributed by atoms with Gasteiger partial charge in [0.15, 0.2) is 5.60 Å². The summed E-state index contributed by atoms with van der Waals surface area (Å²) in [6, 6.07) is 7.21. The molecular weight excluding hydrogens is 298 g/mol. The summed E-state index contributed by atoms with van der Waals surface area (Å²) >= 11 is 5.85. The number of carbonyl (C=O) groups excluding carboxylic acids is 1. The smallest absolute Gasteiger partial charge is 0.263 e. The second-order valence-corrected chi connectivity index (χ2v) is 6.73. The van der Waals surface area contributed by atoms with Crippen LogP contribution in [0.5, 0.6) is 5.75 Å². The number of benzene rings is 1. The van der Waals surface area contributed by atoms with E-state index in [0.29, 0.717) is 10.8 Å². The predicted octanol–water partition coefficient (Wildman–Crippen LogP) is 4.97. The molecule has 0 fully saturated rings. The Labute approximate surface area is 139 Å².